The minimum Gasteiger partial charge on any atom is -0.462 e. The summed E-state index contributed by atoms with van der Waals surface area (Å²) in [7, 11) is 0. The second kappa shape index (κ2) is 40.6. The summed E-state index contributed by atoms with van der Waals surface area (Å²) >= 11 is 0. The Labute approximate surface area is 323 Å². The third kappa shape index (κ3) is 38.1. The second-order valence-corrected chi connectivity index (χ2v) is 15.9. The lowest BCUT2D eigenvalue weighted by Crippen LogP contribution is -2.30. The highest BCUT2D eigenvalue weighted by Gasteiger charge is 2.19. The molecule has 52 heavy (non-hydrogen) atoms. The number of hydrogen-bond acceptors (Lipinski definition) is 6. The fourth-order valence-corrected chi connectivity index (χ4v) is 6.77. The molecule has 0 amide bonds. The minimum absolute atomic E-state index is 0.0649. The quantitative estimate of drug-likeness (QED) is 0.0353. The van der Waals surface area contributed by atoms with Gasteiger partial charge in [0.25, 0.3) is 0 Å². The van der Waals surface area contributed by atoms with Crippen molar-refractivity contribution in [3.63, 3.8) is 0 Å². The first-order valence-electron chi connectivity index (χ1n) is 22.9. The smallest absolute Gasteiger partial charge is 0.306 e. The maximum Gasteiger partial charge on any atom is 0.306 e. The molecule has 0 aromatic heterocycles. The van der Waals surface area contributed by atoms with Crippen molar-refractivity contribution in [2.45, 2.75) is 259 Å². The molecule has 0 N–H and O–H groups in total. The van der Waals surface area contributed by atoms with Crippen molar-refractivity contribution in [3.8, 4) is 0 Å². The van der Waals surface area contributed by atoms with Crippen LogP contribution < -0.4 is 0 Å². The summed E-state index contributed by atoms with van der Waals surface area (Å²) in [5.41, 5.74) is 0. The van der Waals surface area contributed by atoms with Crippen molar-refractivity contribution in [1.82, 2.24) is 0 Å². The molecule has 1 unspecified atom stereocenters. The van der Waals surface area contributed by atoms with E-state index in [1.165, 1.54) is 141 Å². The summed E-state index contributed by atoms with van der Waals surface area (Å²) in [4.78, 5) is 37.5. The zero-order chi connectivity index (χ0) is 38.2. The van der Waals surface area contributed by atoms with Crippen molar-refractivity contribution >= 4 is 17.9 Å². The zero-order valence-electron chi connectivity index (χ0n) is 35.3. The number of carbonyl (C=O) groups is 3. The molecule has 0 aliphatic heterocycles. The van der Waals surface area contributed by atoms with Crippen LogP contribution in [0.15, 0.2) is 0 Å². The lowest BCUT2D eigenvalue weighted by Gasteiger charge is -2.18. The molecule has 0 spiro atoms. The van der Waals surface area contributed by atoms with Gasteiger partial charge in [-0.15, -0.1) is 0 Å². The summed E-state index contributed by atoms with van der Waals surface area (Å²) < 4.78 is 16.6. The Hall–Kier alpha value is -1.59. The van der Waals surface area contributed by atoms with Crippen LogP contribution in [0.4, 0.5) is 0 Å². The molecule has 0 bridgehead atoms. The highest BCUT2D eigenvalue weighted by Crippen LogP contribution is 2.17. The van der Waals surface area contributed by atoms with Gasteiger partial charge in [-0.1, -0.05) is 214 Å². The number of carbonyl (C=O) groups excluding carboxylic acids is 3. The van der Waals surface area contributed by atoms with E-state index < -0.39 is 6.10 Å². The Morgan fingerprint density at radius 2 is 0.673 bits per heavy atom. The van der Waals surface area contributed by atoms with Gasteiger partial charge in [0, 0.05) is 19.3 Å². The van der Waals surface area contributed by atoms with Gasteiger partial charge in [-0.3, -0.25) is 14.4 Å². The molecule has 0 fully saturated rings. The number of unbranched alkanes of at least 4 members (excludes halogenated alkanes) is 27. The average Bonchev–Trinajstić information content (AvgIpc) is 3.14. The summed E-state index contributed by atoms with van der Waals surface area (Å²) in [6, 6.07) is 0. The van der Waals surface area contributed by atoms with Crippen LogP contribution in [0, 0.1) is 5.92 Å². The fraction of sp³-hybridized carbons (Fsp3) is 0.935. The van der Waals surface area contributed by atoms with Crippen molar-refractivity contribution in [3.05, 3.63) is 0 Å². The van der Waals surface area contributed by atoms with E-state index in [0.717, 1.165) is 70.1 Å². The van der Waals surface area contributed by atoms with E-state index in [4.69, 9.17) is 14.2 Å². The summed E-state index contributed by atoms with van der Waals surface area (Å²) in [5, 5.41) is 0. The van der Waals surface area contributed by atoms with Crippen LogP contribution >= 0.6 is 0 Å². The Morgan fingerprint density at radius 1 is 0.385 bits per heavy atom. The van der Waals surface area contributed by atoms with Crippen LogP contribution in [-0.2, 0) is 28.6 Å². The van der Waals surface area contributed by atoms with Gasteiger partial charge in [0.15, 0.2) is 6.10 Å². The molecule has 0 aliphatic carbocycles. The number of ether oxygens (including phenoxy) is 3. The van der Waals surface area contributed by atoms with Gasteiger partial charge in [0.1, 0.15) is 13.2 Å². The van der Waals surface area contributed by atoms with Crippen LogP contribution in [0.2, 0.25) is 0 Å². The van der Waals surface area contributed by atoms with Crippen LogP contribution in [-0.4, -0.2) is 37.2 Å². The van der Waals surface area contributed by atoms with Crippen LogP contribution in [0.3, 0.4) is 0 Å². The zero-order valence-corrected chi connectivity index (χ0v) is 35.3. The molecule has 0 saturated heterocycles. The van der Waals surface area contributed by atoms with Crippen molar-refractivity contribution < 1.29 is 28.6 Å². The first kappa shape index (κ1) is 50.4. The SMILES string of the molecule is CCCCCCCCCCCCCCCCCC(=O)O[C@@H](COC(=O)CCCCCCC)COC(=O)CCCCCCCCCCCCC(C)CC. The van der Waals surface area contributed by atoms with E-state index in [1.807, 2.05) is 0 Å². The maximum absolute atomic E-state index is 12.7. The lowest BCUT2D eigenvalue weighted by atomic mass is 9.99. The molecule has 2 atom stereocenters. The third-order valence-electron chi connectivity index (χ3n) is 10.7. The van der Waals surface area contributed by atoms with Gasteiger partial charge in [-0.2, -0.15) is 0 Å². The molecule has 308 valence electrons. The fourth-order valence-electron chi connectivity index (χ4n) is 6.77. The Balaban J connectivity index is 4.19. The van der Waals surface area contributed by atoms with E-state index in [0.29, 0.717) is 19.3 Å². The molecular weight excluding hydrogens is 648 g/mol. The van der Waals surface area contributed by atoms with Gasteiger partial charge in [-0.25, -0.2) is 0 Å². The third-order valence-corrected chi connectivity index (χ3v) is 10.7. The van der Waals surface area contributed by atoms with Crippen molar-refractivity contribution in [2.75, 3.05) is 13.2 Å². The van der Waals surface area contributed by atoms with E-state index in [-0.39, 0.29) is 31.1 Å². The molecule has 0 rings (SSSR count). The van der Waals surface area contributed by atoms with Crippen LogP contribution in [0.1, 0.15) is 252 Å². The molecule has 0 aromatic rings. The average molecular weight is 737 g/mol. The van der Waals surface area contributed by atoms with Gasteiger partial charge in [0.2, 0.25) is 0 Å². The normalized spacial score (nSPS) is 12.5. The van der Waals surface area contributed by atoms with E-state index in [9.17, 15) is 14.4 Å². The van der Waals surface area contributed by atoms with Gasteiger partial charge in [-0.05, 0) is 25.2 Å². The molecule has 0 aliphatic rings. The number of rotatable bonds is 41. The summed E-state index contributed by atoms with van der Waals surface area (Å²) in [6.45, 7) is 8.94. The van der Waals surface area contributed by atoms with Crippen LogP contribution in [0.25, 0.3) is 0 Å². The van der Waals surface area contributed by atoms with E-state index in [1.54, 1.807) is 0 Å². The van der Waals surface area contributed by atoms with Crippen molar-refractivity contribution in [2.24, 2.45) is 5.92 Å². The van der Waals surface area contributed by atoms with Gasteiger partial charge >= 0.3 is 17.9 Å². The second-order valence-electron chi connectivity index (χ2n) is 15.9. The standard InChI is InChI=1S/C46H88O6/c1-5-8-10-12-13-14-15-16-17-18-19-24-27-31-35-39-46(49)52-43(40-50-44(47)37-33-28-11-9-6-2)41-51-45(48)38-34-30-26-23-21-20-22-25-29-32-36-42(4)7-3/h42-43H,5-41H2,1-4H3/t42?,43-/m0/s1. The number of esters is 3. The molecule has 6 nitrogen and oxygen atoms in total. The molecule has 0 heterocycles. The Morgan fingerprint density at radius 3 is 1.00 bits per heavy atom. The number of hydrogen-bond donors (Lipinski definition) is 0. The molecule has 6 heteroatoms. The Bertz CT molecular complexity index is 783. The lowest BCUT2D eigenvalue weighted by molar-refractivity contribution is -0.167. The first-order chi connectivity index (χ1) is 25.4. The molecular formula is C46H88O6. The molecule has 0 saturated carbocycles. The predicted molar refractivity (Wildman–Crippen MR) is 220 cm³/mol. The molecule has 0 aromatic carbocycles. The predicted octanol–water partition coefficient (Wildman–Crippen LogP) is 14.3. The Kier molecular flexibility index (Phi) is 39.4. The summed E-state index contributed by atoms with van der Waals surface area (Å²) in [5.74, 6) is 0.00233. The van der Waals surface area contributed by atoms with E-state index >= 15 is 0 Å². The summed E-state index contributed by atoms with van der Waals surface area (Å²) in [6.07, 6.45) is 39.6. The van der Waals surface area contributed by atoms with Gasteiger partial charge in [0.05, 0.1) is 0 Å². The van der Waals surface area contributed by atoms with Crippen molar-refractivity contribution in [1.29, 1.82) is 0 Å². The van der Waals surface area contributed by atoms with Gasteiger partial charge < -0.3 is 14.2 Å². The first-order valence-corrected chi connectivity index (χ1v) is 22.9. The monoisotopic (exact) mass is 737 g/mol. The highest BCUT2D eigenvalue weighted by atomic mass is 16.6. The maximum atomic E-state index is 12.7. The largest absolute Gasteiger partial charge is 0.462 e. The molecule has 0 radical (unpaired) electrons. The highest BCUT2D eigenvalue weighted by molar-refractivity contribution is 5.71. The van der Waals surface area contributed by atoms with E-state index in [2.05, 4.69) is 27.7 Å². The minimum atomic E-state index is -0.758. The topological polar surface area (TPSA) is 78.9 Å². The van der Waals surface area contributed by atoms with Crippen LogP contribution in [0.5, 0.6) is 0 Å².